The van der Waals surface area contributed by atoms with Gasteiger partial charge in [-0.25, -0.2) is 9.37 Å². The van der Waals surface area contributed by atoms with E-state index in [2.05, 4.69) is 27.4 Å². The molecule has 6 heteroatoms. The maximum absolute atomic E-state index is 12.8. The molecule has 1 amide bonds. The normalized spacial score (nSPS) is 10.6. The lowest BCUT2D eigenvalue weighted by atomic mass is 10.2. The van der Waals surface area contributed by atoms with Crippen molar-refractivity contribution in [2.24, 2.45) is 0 Å². The summed E-state index contributed by atoms with van der Waals surface area (Å²) in [5.74, 6) is 1.01. The molecule has 0 unspecified atom stereocenters. The molecular formula is C15H19FN4O. The summed E-state index contributed by atoms with van der Waals surface area (Å²) in [5, 5.41) is 9.77. The summed E-state index contributed by atoms with van der Waals surface area (Å²) in [6.07, 6.45) is 3.07. The highest BCUT2D eigenvalue weighted by Crippen LogP contribution is 2.14. The number of carbonyl (C=O) groups excluding carboxylic acids is 1. The largest absolute Gasteiger partial charge is 0.356 e. The topological polar surface area (TPSA) is 70.7 Å². The highest BCUT2D eigenvalue weighted by atomic mass is 19.1. The van der Waals surface area contributed by atoms with E-state index in [1.54, 1.807) is 12.1 Å². The van der Waals surface area contributed by atoms with Gasteiger partial charge in [0.1, 0.15) is 11.6 Å². The Bertz CT molecular complexity index is 580. The fourth-order valence-corrected chi connectivity index (χ4v) is 1.88. The molecule has 1 aromatic heterocycles. The maximum atomic E-state index is 12.8. The Morgan fingerprint density at radius 2 is 2.10 bits per heavy atom. The van der Waals surface area contributed by atoms with E-state index in [4.69, 9.17) is 0 Å². The predicted octanol–water partition coefficient (Wildman–Crippen LogP) is 2.46. The number of hydrogen-bond acceptors (Lipinski definition) is 3. The smallest absolute Gasteiger partial charge is 0.220 e. The van der Waals surface area contributed by atoms with Crippen LogP contribution in [0.15, 0.2) is 24.3 Å². The van der Waals surface area contributed by atoms with Crippen LogP contribution in [0.1, 0.15) is 32.0 Å². The first kappa shape index (κ1) is 15.2. The second kappa shape index (κ2) is 7.52. The van der Waals surface area contributed by atoms with Crippen LogP contribution in [-0.2, 0) is 11.2 Å². The molecule has 0 aliphatic carbocycles. The zero-order chi connectivity index (χ0) is 15.1. The standard InChI is InChI=1S/C15H19FN4O/c1-2-3-4-14(21)17-10-9-13-18-15(20-19-13)11-5-7-12(16)8-6-11/h5-8H,2-4,9-10H2,1H3,(H,17,21)(H,18,19,20). The zero-order valence-corrected chi connectivity index (χ0v) is 12.0. The van der Waals surface area contributed by atoms with Crippen molar-refractivity contribution in [2.45, 2.75) is 32.6 Å². The van der Waals surface area contributed by atoms with Crippen molar-refractivity contribution in [3.8, 4) is 11.4 Å². The summed E-state index contributed by atoms with van der Waals surface area (Å²) in [6.45, 7) is 2.58. The molecular weight excluding hydrogens is 271 g/mol. The van der Waals surface area contributed by atoms with Crippen molar-refractivity contribution >= 4 is 5.91 Å². The van der Waals surface area contributed by atoms with Crippen LogP contribution in [0.4, 0.5) is 4.39 Å². The number of carbonyl (C=O) groups is 1. The van der Waals surface area contributed by atoms with Crippen molar-refractivity contribution in [1.29, 1.82) is 0 Å². The molecule has 0 fully saturated rings. The van der Waals surface area contributed by atoms with Gasteiger partial charge in [0, 0.05) is 24.9 Å². The third kappa shape index (κ3) is 4.66. The van der Waals surface area contributed by atoms with Crippen LogP contribution in [0, 0.1) is 5.82 Å². The molecule has 1 heterocycles. The molecule has 0 saturated carbocycles. The maximum Gasteiger partial charge on any atom is 0.220 e. The third-order valence-corrected chi connectivity index (χ3v) is 3.08. The molecule has 21 heavy (non-hydrogen) atoms. The first-order chi connectivity index (χ1) is 10.2. The van der Waals surface area contributed by atoms with Gasteiger partial charge in [-0.15, -0.1) is 0 Å². The SMILES string of the molecule is CCCCC(=O)NCCc1nc(-c2ccc(F)cc2)n[nH]1. The van der Waals surface area contributed by atoms with Gasteiger partial charge in [0.2, 0.25) is 5.91 Å². The number of amides is 1. The van der Waals surface area contributed by atoms with Gasteiger partial charge in [0.25, 0.3) is 0 Å². The van der Waals surface area contributed by atoms with E-state index in [0.717, 1.165) is 18.4 Å². The fourth-order valence-electron chi connectivity index (χ4n) is 1.88. The van der Waals surface area contributed by atoms with Gasteiger partial charge < -0.3 is 5.32 Å². The number of aromatic amines is 1. The Morgan fingerprint density at radius 3 is 2.81 bits per heavy atom. The van der Waals surface area contributed by atoms with E-state index < -0.39 is 0 Å². The monoisotopic (exact) mass is 290 g/mol. The number of halogens is 1. The Morgan fingerprint density at radius 1 is 1.33 bits per heavy atom. The number of hydrogen-bond donors (Lipinski definition) is 2. The van der Waals surface area contributed by atoms with E-state index >= 15 is 0 Å². The van der Waals surface area contributed by atoms with E-state index in [1.165, 1.54) is 12.1 Å². The van der Waals surface area contributed by atoms with Gasteiger partial charge >= 0.3 is 0 Å². The summed E-state index contributed by atoms with van der Waals surface area (Å²) in [5.41, 5.74) is 0.755. The summed E-state index contributed by atoms with van der Waals surface area (Å²) in [6, 6.07) is 6.02. The Hall–Kier alpha value is -2.24. The van der Waals surface area contributed by atoms with Crippen LogP contribution in [0.2, 0.25) is 0 Å². The Kier molecular flexibility index (Phi) is 5.43. The van der Waals surface area contributed by atoms with Gasteiger partial charge in [-0.3, -0.25) is 9.89 Å². The second-order valence-electron chi connectivity index (χ2n) is 4.82. The molecule has 0 aliphatic heterocycles. The number of rotatable bonds is 7. The van der Waals surface area contributed by atoms with Gasteiger partial charge in [0.15, 0.2) is 5.82 Å². The van der Waals surface area contributed by atoms with Crippen LogP contribution >= 0.6 is 0 Å². The number of benzene rings is 1. The van der Waals surface area contributed by atoms with Crippen molar-refractivity contribution in [3.05, 3.63) is 35.9 Å². The minimum atomic E-state index is -0.288. The number of nitrogens with one attached hydrogen (secondary N) is 2. The summed E-state index contributed by atoms with van der Waals surface area (Å²) in [4.78, 5) is 15.8. The number of H-pyrrole nitrogens is 1. The zero-order valence-electron chi connectivity index (χ0n) is 12.0. The van der Waals surface area contributed by atoms with Crippen LogP contribution < -0.4 is 5.32 Å². The highest BCUT2D eigenvalue weighted by Gasteiger charge is 2.06. The average molecular weight is 290 g/mol. The third-order valence-electron chi connectivity index (χ3n) is 3.08. The van der Waals surface area contributed by atoms with Crippen LogP contribution in [0.3, 0.4) is 0 Å². The van der Waals surface area contributed by atoms with Crippen LogP contribution in [-0.4, -0.2) is 27.6 Å². The summed E-state index contributed by atoms with van der Waals surface area (Å²) in [7, 11) is 0. The minimum Gasteiger partial charge on any atom is -0.356 e. The summed E-state index contributed by atoms with van der Waals surface area (Å²) >= 11 is 0. The van der Waals surface area contributed by atoms with E-state index in [9.17, 15) is 9.18 Å². The lowest BCUT2D eigenvalue weighted by Crippen LogP contribution is -2.25. The van der Waals surface area contributed by atoms with Gasteiger partial charge in [-0.05, 0) is 30.7 Å². The summed E-state index contributed by atoms with van der Waals surface area (Å²) < 4.78 is 12.8. The molecule has 0 aliphatic rings. The minimum absolute atomic E-state index is 0.0649. The number of nitrogens with zero attached hydrogens (tertiary/aromatic N) is 2. The van der Waals surface area contributed by atoms with Crippen molar-refractivity contribution in [3.63, 3.8) is 0 Å². The van der Waals surface area contributed by atoms with Gasteiger partial charge in [0.05, 0.1) is 0 Å². The molecule has 2 rings (SSSR count). The molecule has 112 valence electrons. The molecule has 5 nitrogen and oxygen atoms in total. The predicted molar refractivity (Wildman–Crippen MR) is 78.0 cm³/mol. The second-order valence-corrected chi connectivity index (χ2v) is 4.82. The number of aromatic nitrogens is 3. The molecule has 0 saturated heterocycles. The lowest BCUT2D eigenvalue weighted by molar-refractivity contribution is -0.121. The van der Waals surface area contributed by atoms with Gasteiger partial charge in [-0.2, -0.15) is 5.10 Å². The molecule has 0 spiro atoms. The van der Waals surface area contributed by atoms with E-state index in [0.29, 0.717) is 31.0 Å². The van der Waals surface area contributed by atoms with E-state index in [1.807, 2.05) is 0 Å². The first-order valence-electron chi connectivity index (χ1n) is 7.13. The molecule has 0 atom stereocenters. The van der Waals surface area contributed by atoms with Crippen molar-refractivity contribution in [2.75, 3.05) is 6.54 Å². The Balaban J connectivity index is 1.83. The quantitative estimate of drug-likeness (QED) is 0.823. The van der Waals surface area contributed by atoms with Gasteiger partial charge in [-0.1, -0.05) is 13.3 Å². The lowest BCUT2D eigenvalue weighted by Gasteiger charge is -2.02. The number of unbranched alkanes of at least 4 members (excludes halogenated alkanes) is 1. The molecule has 1 aromatic carbocycles. The van der Waals surface area contributed by atoms with Crippen molar-refractivity contribution < 1.29 is 9.18 Å². The molecule has 2 N–H and O–H groups in total. The first-order valence-corrected chi connectivity index (χ1v) is 7.13. The van der Waals surface area contributed by atoms with Crippen LogP contribution in [0.5, 0.6) is 0 Å². The highest BCUT2D eigenvalue weighted by molar-refractivity contribution is 5.75. The molecule has 2 aromatic rings. The Labute approximate surface area is 123 Å². The van der Waals surface area contributed by atoms with E-state index in [-0.39, 0.29) is 11.7 Å². The fraction of sp³-hybridized carbons (Fsp3) is 0.400. The average Bonchev–Trinajstić information content (AvgIpc) is 2.95. The van der Waals surface area contributed by atoms with Crippen LogP contribution in [0.25, 0.3) is 11.4 Å². The molecule has 0 radical (unpaired) electrons. The van der Waals surface area contributed by atoms with Crippen molar-refractivity contribution in [1.82, 2.24) is 20.5 Å². The molecule has 0 bridgehead atoms.